The Morgan fingerprint density at radius 2 is 2.00 bits per heavy atom. The van der Waals surface area contributed by atoms with Gasteiger partial charge in [0.2, 0.25) is 5.91 Å². The van der Waals surface area contributed by atoms with Gasteiger partial charge in [0.25, 0.3) is 0 Å². The Kier molecular flexibility index (Phi) is 4.00. The topological polar surface area (TPSA) is 80.9 Å². The summed E-state index contributed by atoms with van der Waals surface area (Å²) in [5, 5.41) is 3.46. The van der Waals surface area contributed by atoms with Crippen molar-refractivity contribution in [2.24, 2.45) is 5.92 Å². The van der Waals surface area contributed by atoms with E-state index in [2.05, 4.69) is 15.3 Å². The van der Waals surface area contributed by atoms with Gasteiger partial charge in [0.15, 0.2) is 5.13 Å². The van der Waals surface area contributed by atoms with Gasteiger partial charge in [-0.1, -0.05) is 31.3 Å². The molecule has 1 aromatic carbocycles. The summed E-state index contributed by atoms with van der Waals surface area (Å²) in [5.41, 5.74) is 10.2. The van der Waals surface area contributed by atoms with E-state index < -0.39 is 0 Å². The fourth-order valence-corrected chi connectivity index (χ4v) is 2.94. The third-order valence-electron chi connectivity index (χ3n) is 3.58. The van der Waals surface area contributed by atoms with Gasteiger partial charge in [-0.25, -0.2) is 9.97 Å². The number of anilines is 2. The number of hydrogen-bond donors (Lipinski definition) is 2. The maximum Gasteiger partial charge on any atom is 0.226 e. The zero-order valence-electron chi connectivity index (χ0n) is 13.3. The zero-order chi connectivity index (χ0) is 16.6. The van der Waals surface area contributed by atoms with Gasteiger partial charge >= 0.3 is 0 Å². The van der Waals surface area contributed by atoms with Gasteiger partial charge in [0.05, 0.1) is 5.69 Å². The molecule has 0 saturated carbocycles. The first-order chi connectivity index (χ1) is 10.9. The second kappa shape index (κ2) is 5.96. The normalized spacial score (nSPS) is 11.1. The van der Waals surface area contributed by atoms with Crippen LogP contribution in [0, 0.1) is 12.8 Å². The molecular formula is C17H18N4OS. The summed E-state index contributed by atoms with van der Waals surface area (Å²) in [5.74, 6) is -0.0320. The van der Waals surface area contributed by atoms with Crippen LogP contribution in [0.15, 0.2) is 30.3 Å². The van der Waals surface area contributed by atoms with Gasteiger partial charge in [-0.05, 0) is 36.8 Å². The number of benzene rings is 1. The molecule has 0 aliphatic heterocycles. The molecule has 3 N–H and O–H groups in total. The molecule has 0 atom stereocenters. The lowest BCUT2D eigenvalue weighted by atomic mass is 10.1. The number of hydrogen-bond acceptors (Lipinski definition) is 5. The van der Waals surface area contributed by atoms with Gasteiger partial charge in [0, 0.05) is 17.2 Å². The van der Waals surface area contributed by atoms with Crippen LogP contribution in [0.4, 0.5) is 10.8 Å². The molecule has 0 aliphatic rings. The van der Waals surface area contributed by atoms with Gasteiger partial charge in [0.1, 0.15) is 10.3 Å². The highest BCUT2D eigenvalue weighted by Gasteiger charge is 2.10. The molecule has 0 aliphatic carbocycles. The average Bonchev–Trinajstić information content (AvgIpc) is 2.88. The second-order valence-electron chi connectivity index (χ2n) is 5.75. The molecule has 0 bridgehead atoms. The van der Waals surface area contributed by atoms with Crippen LogP contribution < -0.4 is 11.1 Å². The SMILES string of the molecule is Cc1cc(-c2ccc3nc(N)sc3n2)ccc1NC(=O)C(C)C. The van der Waals surface area contributed by atoms with Crippen LogP contribution in [0.2, 0.25) is 0 Å². The number of nitrogen functional groups attached to an aromatic ring is 1. The van der Waals surface area contributed by atoms with Crippen LogP contribution in [0.3, 0.4) is 0 Å². The number of nitrogens with two attached hydrogens (primary N) is 1. The van der Waals surface area contributed by atoms with E-state index in [9.17, 15) is 4.79 Å². The van der Waals surface area contributed by atoms with E-state index in [1.165, 1.54) is 11.3 Å². The van der Waals surface area contributed by atoms with E-state index in [-0.39, 0.29) is 11.8 Å². The minimum atomic E-state index is -0.0464. The van der Waals surface area contributed by atoms with Crippen molar-refractivity contribution in [3.05, 3.63) is 35.9 Å². The van der Waals surface area contributed by atoms with Crippen molar-refractivity contribution < 1.29 is 4.79 Å². The molecule has 0 fully saturated rings. The maximum absolute atomic E-state index is 11.8. The maximum atomic E-state index is 11.8. The van der Waals surface area contributed by atoms with E-state index in [0.717, 1.165) is 32.9 Å². The molecule has 1 amide bonds. The molecule has 2 aromatic heterocycles. The molecule has 0 spiro atoms. The second-order valence-corrected chi connectivity index (χ2v) is 6.76. The number of aryl methyl sites for hydroxylation is 1. The molecule has 3 rings (SSSR count). The Hall–Kier alpha value is -2.47. The minimum Gasteiger partial charge on any atom is -0.375 e. The van der Waals surface area contributed by atoms with Crippen molar-refractivity contribution in [1.29, 1.82) is 0 Å². The lowest BCUT2D eigenvalue weighted by Gasteiger charge is -2.11. The smallest absolute Gasteiger partial charge is 0.226 e. The Balaban J connectivity index is 1.93. The number of thiazole rings is 1. The third kappa shape index (κ3) is 3.17. The highest BCUT2D eigenvalue weighted by atomic mass is 32.1. The number of nitrogens with zero attached hydrogens (tertiary/aromatic N) is 2. The Morgan fingerprint density at radius 1 is 1.22 bits per heavy atom. The van der Waals surface area contributed by atoms with Crippen molar-refractivity contribution >= 4 is 38.4 Å². The third-order valence-corrected chi connectivity index (χ3v) is 4.37. The van der Waals surface area contributed by atoms with Crippen LogP contribution in [-0.4, -0.2) is 15.9 Å². The first-order valence-electron chi connectivity index (χ1n) is 7.39. The van der Waals surface area contributed by atoms with Crippen molar-refractivity contribution in [3.8, 4) is 11.3 Å². The number of pyridine rings is 1. The lowest BCUT2D eigenvalue weighted by Crippen LogP contribution is -2.18. The molecule has 3 aromatic rings. The monoisotopic (exact) mass is 326 g/mol. The van der Waals surface area contributed by atoms with Crippen LogP contribution in [0.1, 0.15) is 19.4 Å². The number of aromatic nitrogens is 2. The van der Waals surface area contributed by atoms with Crippen molar-refractivity contribution in [2.45, 2.75) is 20.8 Å². The standard InChI is InChI=1S/C17H18N4OS/c1-9(2)15(22)19-12-5-4-11(8-10(12)3)13-6-7-14-16(20-13)23-17(18)21-14/h4-9H,1-3H3,(H2,18,21)(H,19,22). The minimum absolute atomic E-state index is 0.0144. The van der Waals surface area contributed by atoms with Crippen molar-refractivity contribution in [1.82, 2.24) is 9.97 Å². The average molecular weight is 326 g/mol. The molecule has 0 radical (unpaired) electrons. The first kappa shape index (κ1) is 15.4. The van der Waals surface area contributed by atoms with Gasteiger partial charge in [-0.3, -0.25) is 4.79 Å². The molecular weight excluding hydrogens is 308 g/mol. The van der Waals surface area contributed by atoms with Crippen LogP contribution in [0.5, 0.6) is 0 Å². The molecule has 0 unspecified atom stereocenters. The van der Waals surface area contributed by atoms with Crippen LogP contribution in [0.25, 0.3) is 21.6 Å². The van der Waals surface area contributed by atoms with Crippen molar-refractivity contribution in [3.63, 3.8) is 0 Å². The molecule has 6 heteroatoms. The van der Waals surface area contributed by atoms with E-state index in [4.69, 9.17) is 5.73 Å². The van der Waals surface area contributed by atoms with E-state index >= 15 is 0 Å². The molecule has 23 heavy (non-hydrogen) atoms. The Morgan fingerprint density at radius 3 is 2.70 bits per heavy atom. The summed E-state index contributed by atoms with van der Waals surface area (Å²) in [6, 6.07) is 9.75. The summed E-state index contributed by atoms with van der Waals surface area (Å²) in [6.07, 6.45) is 0. The number of nitrogens with one attached hydrogen (secondary N) is 1. The predicted molar refractivity (Wildman–Crippen MR) is 95.5 cm³/mol. The van der Waals surface area contributed by atoms with Crippen LogP contribution >= 0.6 is 11.3 Å². The fourth-order valence-electron chi connectivity index (χ4n) is 2.23. The zero-order valence-corrected chi connectivity index (χ0v) is 14.1. The summed E-state index contributed by atoms with van der Waals surface area (Å²) in [4.78, 5) is 21.5. The number of rotatable bonds is 3. The van der Waals surface area contributed by atoms with E-state index in [1.54, 1.807) is 0 Å². The summed E-state index contributed by atoms with van der Waals surface area (Å²) in [7, 11) is 0. The number of fused-ring (bicyclic) bond motifs is 1. The van der Waals surface area contributed by atoms with Crippen LogP contribution in [-0.2, 0) is 4.79 Å². The van der Waals surface area contributed by atoms with E-state index in [1.807, 2.05) is 51.1 Å². The predicted octanol–water partition coefficient (Wildman–Crippen LogP) is 3.84. The Labute approximate surface area is 138 Å². The summed E-state index contributed by atoms with van der Waals surface area (Å²) >= 11 is 1.38. The Bertz CT molecular complexity index is 885. The van der Waals surface area contributed by atoms with Crippen molar-refractivity contribution in [2.75, 3.05) is 11.1 Å². The van der Waals surface area contributed by atoms with Gasteiger partial charge in [-0.15, -0.1) is 0 Å². The largest absolute Gasteiger partial charge is 0.375 e. The molecule has 2 heterocycles. The highest BCUT2D eigenvalue weighted by molar-refractivity contribution is 7.21. The lowest BCUT2D eigenvalue weighted by molar-refractivity contribution is -0.118. The molecule has 5 nitrogen and oxygen atoms in total. The fraction of sp³-hybridized carbons (Fsp3) is 0.235. The molecule has 0 saturated heterocycles. The van der Waals surface area contributed by atoms with E-state index in [0.29, 0.717) is 5.13 Å². The highest BCUT2D eigenvalue weighted by Crippen LogP contribution is 2.28. The number of carbonyl (C=O) groups excluding carboxylic acids is 1. The van der Waals surface area contributed by atoms with Gasteiger partial charge < -0.3 is 11.1 Å². The van der Waals surface area contributed by atoms with Gasteiger partial charge in [-0.2, -0.15) is 0 Å². The number of amides is 1. The number of carbonyl (C=O) groups is 1. The molecule has 118 valence electrons. The summed E-state index contributed by atoms with van der Waals surface area (Å²) in [6.45, 7) is 5.72. The first-order valence-corrected chi connectivity index (χ1v) is 8.20. The summed E-state index contributed by atoms with van der Waals surface area (Å²) < 4.78 is 0. The quantitative estimate of drug-likeness (QED) is 0.766.